The lowest BCUT2D eigenvalue weighted by Crippen LogP contribution is -2.24. The summed E-state index contributed by atoms with van der Waals surface area (Å²) in [6.45, 7) is 10.8. The van der Waals surface area contributed by atoms with Crippen LogP contribution in [-0.4, -0.2) is 12.6 Å². The zero-order chi connectivity index (χ0) is 8.98. The molecule has 2 fully saturated rings. The normalized spacial score (nSPS) is 32.0. The molecule has 0 aliphatic heterocycles. The Morgan fingerprint density at radius 3 is 1.92 bits per heavy atom. The van der Waals surface area contributed by atoms with Crippen molar-refractivity contribution in [2.45, 2.75) is 46.6 Å². The van der Waals surface area contributed by atoms with Crippen molar-refractivity contribution >= 4 is 0 Å². The third-order valence-electron chi connectivity index (χ3n) is 4.33. The van der Waals surface area contributed by atoms with Crippen LogP contribution in [0.15, 0.2) is 0 Å². The number of hydrogen-bond donors (Lipinski definition) is 1. The van der Waals surface area contributed by atoms with Crippen molar-refractivity contribution in [1.82, 2.24) is 5.32 Å². The molecular formula is C11H21N. The third-order valence-corrected chi connectivity index (χ3v) is 4.33. The molecular weight excluding hydrogens is 146 g/mol. The number of rotatable bonds is 3. The molecule has 1 heteroatoms. The maximum Gasteiger partial charge on any atom is 0.0181 e. The van der Waals surface area contributed by atoms with Gasteiger partial charge in [0, 0.05) is 6.04 Å². The SMILES string of the molecule is CC1(C)C(NCC2CC2)C1(C)C. The van der Waals surface area contributed by atoms with Gasteiger partial charge < -0.3 is 5.32 Å². The van der Waals surface area contributed by atoms with Crippen LogP contribution in [0.4, 0.5) is 0 Å². The standard InChI is InChI=1S/C11H21N/c1-10(2)9(11(10,3)4)12-7-8-5-6-8/h8-9,12H,5-7H2,1-4H3. The highest BCUT2D eigenvalue weighted by Crippen LogP contribution is 2.62. The van der Waals surface area contributed by atoms with Crippen molar-refractivity contribution in [1.29, 1.82) is 0 Å². The topological polar surface area (TPSA) is 12.0 Å². The molecule has 2 aliphatic carbocycles. The lowest BCUT2D eigenvalue weighted by atomic mass is 10.0. The Morgan fingerprint density at radius 2 is 1.58 bits per heavy atom. The maximum absolute atomic E-state index is 3.70. The zero-order valence-corrected chi connectivity index (χ0v) is 8.78. The molecule has 0 unspecified atom stereocenters. The smallest absolute Gasteiger partial charge is 0.0181 e. The van der Waals surface area contributed by atoms with Gasteiger partial charge in [-0.05, 0) is 36.1 Å². The Morgan fingerprint density at radius 1 is 1.08 bits per heavy atom. The molecule has 0 bridgehead atoms. The van der Waals surface area contributed by atoms with E-state index in [-0.39, 0.29) is 0 Å². The van der Waals surface area contributed by atoms with Crippen LogP contribution in [0.1, 0.15) is 40.5 Å². The molecule has 0 aromatic heterocycles. The lowest BCUT2D eigenvalue weighted by Gasteiger charge is -2.03. The van der Waals surface area contributed by atoms with Gasteiger partial charge in [-0.1, -0.05) is 27.7 Å². The molecule has 12 heavy (non-hydrogen) atoms. The summed E-state index contributed by atoms with van der Waals surface area (Å²) in [5.74, 6) is 1.01. The minimum Gasteiger partial charge on any atom is -0.313 e. The summed E-state index contributed by atoms with van der Waals surface area (Å²) in [6, 6.07) is 0.755. The van der Waals surface area contributed by atoms with Crippen LogP contribution < -0.4 is 5.32 Å². The molecule has 0 amide bonds. The van der Waals surface area contributed by atoms with Crippen molar-refractivity contribution < 1.29 is 0 Å². The fraction of sp³-hybridized carbons (Fsp3) is 1.00. The van der Waals surface area contributed by atoms with Gasteiger partial charge in [0.25, 0.3) is 0 Å². The van der Waals surface area contributed by atoms with Crippen LogP contribution in [0.25, 0.3) is 0 Å². The first-order valence-electron chi connectivity index (χ1n) is 5.19. The van der Waals surface area contributed by atoms with Gasteiger partial charge in [0.2, 0.25) is 0 Å². The van der Waals surface area contributed by atoms with E-state index in [2.05, 4.69) is 33.0 Å². The van der Waals surface area contributed by atoms with Crippen LogP contribution in [-0.2, 0) is 0 Å². The average Bonchev–Trinajstić information content (AvgIpc) is 2.75. The van der Waals surface area contributed by atoms with Crippen molar-refractivity contribution in [3.05, 3.63) is 0 Å². The van der Waals surface area contributed by atoms with Crippen LogP contribution in [0, 0.1) is 16.7 Å². The van der Waals surface area contributed by atoms with E-state index < -0.39 is 0 Å². The minimum absolute atomic E-state index is 0.516. The first-order valence-corrected chi connectivity index (χ1v) is 5.19. The second-order valence-corrected chi connectivity index (χ2v) is 5.73. The third kappa shape index (κ3) is 1.10. The van der Waals surface area contributed by atoms with Gasteiger partial charge in [-0.3, -0.25) is 0 Å². The quantitative estimate of drug-likeness (QED) is 0.680. The van der Waals surface area contributed by atoms with Gasteiger partial charge in [-0.2, -0.15) is 0 Å². The maximum atomic E-state index is 3.70. The van der Waals surface area contributed by atoms with Gasteiger partial charge in [-0.15, -0.1) is 0 Å². The fourth-order valence-electron chi connectivity index (χ4n) is 2.31. The zero-order valence-electron chi connectivity index (χ0n) is 8.78. The van der Waals surface area contributed by atoms with Crippen molar-refractivity contribution in [2.24, 2.45) is 16.7 Å². The van der Waals surface area contributed by atoms with Crippen molar-refractivity contribution in [3.8, 4) is 0 Å². The summed E-state index contributed by atoms with van der Waals surface area (Å²) >= 11 is 0. The number of nitrogens with one attached hydrogen (secondary N) is 1. The molecule has 0 atom stereocenters. The molecule has 0 radical (unpaired) electrons. The van der Waals surface area contributed by atoms with E-state index in [1.165, 1.54) is 19.4 Å². The van der Waals surface area contributed by atoms with Crippen molar-refractivity contribution in [3.63, 3.8) is 0 Å². The second-order valence-electron chi connectivity index (χ2n) is 5.73. The summed E-state index contributed by atoms with van der Waals surface area (Å²) in [5.41, 5.74) is 1.03. The van der Waals surface area contributed by atoms with E-state index in [1.807, 2.05) is 0 Å². The highest BCUT2D eigenvalue weighted by atomic mass is 15.0. The minimum atomic E-state index is 0.516. The van der Waals surface area contributed by atoms with E-state index in [0.29, 0.717) is 10.8 Å². The average molecular weight is 167 g/mol. The lowest BCUT2D eigenvalue weighted by molar-refractivity contribution is 0.457. The van der Waals surface area contributed by atoms with E-state index in [9.17, 15) is 0 Å². The Labute approximate surface area is 75.9 Å². The molecule has 0 heterocycles. The highest BCUT2D eigenvalue weighted by Gasteiger charge is 2.64. The van der Waals surface area contributed by atoms with E-state index in [0.717, 1.165) is 12.0 Å². The Balaban J connectivity index is 1.82. The Bertz CT molecular complexity index is 175. The number of hydrogen-bond acceptors (Lipinski definition) is 1. The molecule has 0 aromatic rings. The molecule has 2 saturated carbocycles. The van der Waals surface area contributed by atoms with Gasteiger partial charge in [-0.25, -0.2) is 0 Å². The summed E-state index contributed by atoms with van der Waals surface area (Å²) in [6.07, 6.45) is 2.92. The van der Waals surface area contributed by atoms with Crippen LogP contribution in [0.2, 0.25) is 0 Å². The summed E-state index contributed by atoms with van der Waals surface area (Å²) in [7, 11) is 0. The first kappa shape index (κ1) is 8.55. The van der Waals surface area contributed by atoms with Gasteiger partial charge in [0.1, 0.15) is 0 Å². The van der Waals surface area contributed by atoms with Gasteiger partial charge in [0.15, 0.2) is 0 Å². The second kappa shape index (κ2) is 2.25. The largest absolute Gasteiger partial charge is 0.313 e. The van der Waals surface area contributed by atoms with Crippen LogP contribution in [0.5, 0.6) is 0 Å². The summed E-state index contributed by atoms with van der Waals surface area (Å²) < 4.78 is 0. The molecule has 0 aromatic carbocycles. The Hall–Kier alpha value is -0.0400. The predicted molar refractivity (Wildman–Crippen MR) is 52.1 cm³/mol. The molecule has 1 nitrogen and oxygen atoms in total. The van der Waals surface area contributed by atoms with Crippen LogP contribution >= 0.6 is 0 Å². The van der Waals surface area contributed by atoms with Crippen LogP contribution in [0.3, 0.4) is 0 Å². The van der Waals surface area contributed by atoms with Gasteiger partial charge >= 0.3 is 0 Å². The molecule has 0 spiro atoms. The van der Waals surface area contributed by atoms with Crippen molar-refractivity contribution in [2.75, 3.05) is 6.54 Å². The van der Waals surface area contributed by atoms with E-state index in [4.69, 9.17) is 0 Å². The highest BCUT2D eigenvalue weighted by molar-refractivity contribution is 5.17. The Kier molecular flexibility index (Phi) is 1.61. The monoisotopic (exact) mass is 167 g/mol. The summed E-state index contributed by atoms with van der Waals surface area (Å²) in [4.78, 5) is 0. The predicted octanol–water partition coefficient (Wildman–Crippen LogP) is 2.42. The summed E-state index contributed by atoms with van der Waals surface area (Å²) in [5, 5.41) is 3.70. The molecule has 1 N–H and O–H groups in total. The molecule has 70 valence electrons. The van der Waals surface area contributed by atoms with Gasteiger partial charge in [0.05, 0.1) is 0 Å². The molecule has 2 rings (SSSR count). The molecule has 0 saturated heterocycles. The first-order chi connectivity index (χ1) is 5.46. The fourth-order valence-corrected chi connectivity index (χ4v) is 2.31. The van der Waals surface area contributed by atoms with E-state index >= 15 is 0 Å². The molecule has 2 aliphatic rings. The van der Waals surface area contributed by atoms with E-state index in [1.54, 1.807) is 0 Å².